The number of carbonyl (C=O) groups excluding carboxylic acids is 3. The van der Waals surface area contributed by atoms with Gasteiger partial charge in [-0.3, -0.25) is 9.69 Å². The van der Waals surface area contributed by atoms with Crippen molar-refractivity contribution in [3.63, 3.8) is 0 Å². The first-order valence-corrected chi connectivity index (χ1v) is 10.9. The molecule has 0 bridgehead atoms. The van der Waals surface area contributed by atoms with E-state index in [4.69, 9.17) is 25.9 Å². The summed E-state index contributed by atoms with van der Waals surface area (Å²) in [6.07, 6.45) is 1.44. The van der Waals surface area contributed by atoms with Crippen LogP contribution in [0.25, 0.3) is 6.08 Å². The minimum Gasteiger partial charge on any atom is -0.488 e. The highest BCUT2D eigenvalue weighted by Crippen LogP contribution is 2.28. The number of imide groups is 1. The van der Waals surface area contributed by atoms with E-state index >= 15 is 0 Å². The van der Waals surface area contributed by atoms with Gasteiger partial charge in [-0.1, -0.05) is 23.7 Å². The van der Waals surface area contributed by atoms with Crippen LogP contribution in [0.5, 0.6) is 5.75 Å². The Hall–Kier alpha value is -4.57. The van der Waals surface area contributed by atoms with Gasteiger partial charge in [0.25, 0.3) is 5.91 Å². The van der Waals surface area contributed by atoms with Gasteiger partial charge < -0.3 is 24.3 Å². The molecule has 1 saturated heterocycles. The van der Waals surface area contributed by atoms with Crippen LogP contribution in [-0.2, 0) is 22.7 Å². The molecule has 10 nitrogen and oxygen atoms in total. The number of hydrogen-bond donors (Lipinski definition) is 2. The van der Waals surface area contributed by atoms with Gasteiger partial charge in [0.1, 0.15) is 23.8 Å². The van der Waals surface area contributed by atoms with Gasteiger partial charge >= 0.3 is 18.0 Å². The van der Waals surface area contributed by atoms with Crippen LogP contribution in [0.2, 0.25) is 5.02 Å². The molecule has 1 aromatic heterocycles. The smallest absolute Gasteiger partial charge is 0.373 e. The van der Waals surface area contributed by atoms with Crippen LogP contribution in [0, 0.1) is 0 Å². The van der Waals surface area contributed by atoms with E-state index in [2.05, 4.69) is 10.1 Å². The summed E-state index contributed by atoms with van der Waals surface area (Å²) in [5, 5.41) is 11.9. The van der Waals surface area contributed by atoms with Crippen LogP contribution in [0.1, 0.15) is 37.8 Å². The van der Waals surface area contributed by atoms with Crippen molar-refractivity contribution in [2.75, 3.05) is 7.11 Å². The third kappa shape index (κ3) is 5.39. The lowest BCUT2D eigenvalue weighted by Crippen LogP contribution is -2.30. The molecule has 0 atom stereocenters. The number of amides is 3. The number of urea groups is 1. The van der Waals surface area contributed by atoms with E-state index in [1.165, 1.54) is 37.5 Å². The summed E-state index contributed by atoms with van der Waals surface area (Å²) in [5.41, 5.74) is 1.33. The molecule has 3 aromatic rings. The van der Waals surface area contributed by atoms with Crippen LogP contribution in [0.3, 0.4) is 0 Å². The first-order chi connectivity index (χ1) is 17.2. The largest absolute Gasteiger partial charge is 0.488 e. The van der Waals surface area contributed by atoms with Crippen molar-refractivity contribution in [2.24, 2.45) is 0 Å². The first kappa shape index (κ1) is 24.6. The molecule has 1 aliphatic heterocycles. The Balaban J connectivity index is 1.50. The predicted molar refractivity (Wildman–Crippen MR) is 126 cm³/mol. The molecule has 2 aromatic carbocycles. The topological polar surface area (TPSA) is 135 Å². The minimum atomic E-state index is -1.03. The Morgan fingerprint density at radius 1 is 1.11 bits per heavy atom. The highest BCUT2D eigenvalue weighted by molar-refractivity contribution is 6.30. The second-order valence-corrected chi connectivity index (χ2v) is 8.05. The second kappa shape index (κ2) is 10.4. The first-order valence-electron chi connectivity index (χ1n) is 10.5. The summed E-state index contributed by atoms with van der Waals surface area (Å²) in [5.74, 6) is -1.74. The number of halogens is 1. The summed E-state index contributed by atoms with van der Waals surface area (Å²) in [4.78, 5) is 48.9. The maximum absolute atomic E-state index is 12.9. The predicted octanol–water partition coefficient (Wildman–Crippen LogP) is 4.09. The zero-order valence-electron chi connectivity index (χ0n) is 18.8. The lowest BCUT2D eigenvalue weighted by molar-refractivity contribution is -0.123. The van der Waals surface area contributed by atoms with Crippen LogP contribution in [-0.4, -0.2) is 41.0 Å². The molecule has 0 saturated carbocycles. The number of hydrogen-bond acceptors (Lipinski definition) is 7. The van der Waals surface area contributed by atoms with Gasteiger partial charge in [-0.25, -0.2) is 14.4 Å². The molecular weight excluding hydrogens is 492 g/mol. The Labute approximate surface area is 209 Å². The minimum absolute atomic E-state index is 0.00215. The molecule has 0 radical (unpaired) electrons. The SMILES string of the molecule is COC(=O)c1ccc(CN2C(=O)N/C(=C\c3cc(Cl)ccc3OCc3ccc(C(=O)O)cc3)C2=O)o1. The van der Waals surface area contributed by atoms with E-state index in [1.807, 2.05) is 0 Å². The van der Waals surface area contributed by atoms with Crippen molar-refractivity contribution in [1.82, 2.24) is 10.2 Å². The summed E-state index contributed by atoms with van der Waals surface area (Å²) < 4.78 is 15.8. The normalized spacial score (nSPS) is 14.2. The van der Waals surface area contributed by atoms with Crippen LogP contribution < -0.4 is 10.1 Å². The lowest BCUT2D eigenvalue weighted by Gasteiger charge is -2.11. The molecule has 0 spiro atoms. The van der Waals surface area contributed by atoms with Gasteiger partial charge in [0.15, 0.2) is 0 Å². The summed E-state index contributed by atoms with van der Waals surface area (Å²) in [6.45, 7) is -0.0601. The Morgan fingerprint density at radius 2 is 1.86 bits per heavy atom. The van der Waals surface area contributed by atoms with Crippen LogP contribution >= 0.6 is 11.6 Å². The van der Waals surface area contributed by atoms with Gasteiger partial charge in [-0.2, -0.15) is 0 Å². The van der Waals surface area contributed by atoms with Gasteiger partial charge in [0.2, 0.25) is 5.76 Å². The molecule has 3 amide bonds. The Kier molecular flexibility index (Phi) is 7.07. The molecular formula is C25H19ClN2O8. The fourth-order valence-electron chi connectivity index (χ4n) is 3.37. The quantitative estimate of drug-likeness (QED) is 0.263. The van der Waals surface area contributed by atoms with Crippen molar-refractivity contribution in [3.8, 4) is 5.75 Å². The summed E-state index contributed by atoms with van der Waals surface area (Å²) in [7, 11) is 1.21. The van der Waals surface area contributed by atoms with Crippen molar-refractivity contribution in [1.29, 1.82) is 0 Å². The van der Waals surface area contributed by atoms with Crippen molar-refractivity contribution in [2.45, 2.75) is 13.2 Å². The molecule has 184 valence electrons. The fraction of sp³-hybridized carbons (Fsp3) is 0.120. The molecule has 0 aliphatic carbocycles. The van der Waals surface area contributed by atoms with Crippen molar-refractivity contribution in [3.05, 3.63) is 93.5 Å². The number of carboxylic acids is 1. The van der Waals surface area contributed by atoms with Crippen LogP contribution in [0.4, 0.5) is 4.79 Å². The average molecular weight is 511 g/mol. The number of rotatable bonds is 8. The maximum Gasteiger partial charge on any atom is 0.373 e. The van der Waals surface area contributed by atoms with E-state index in [1.54, 1.807) is 30.3 Å². The number of ether oxygens (including phenoxy) is 2. The fourth-order valence-corrected chi connectivity index (χ4v) is 3.55. The molecule has 1 fully saturated rings. The van der Waals surface area contributed by atoms with Crippen LogP contribution in [0.15, 0.2) is 64.7 Å². The number of aromatic carboxylic acids is 1. The molecule has 36 heavy (non-hydrogen) atoms. The monoisotopic (exact) mass is 510 g/mol. The van der Waals surface area contributed by atoms with Gasteiger partial charge in [0, 0.05) is 10.6 Å². The van der Waals surface area contributed by atoms with Gasteiger partial charge in [-0.05, 0) is 54.1 Å². The number of furan rings is 1. The molecule has 1 aliphatic rings. The van der Waals surface area contributed by atoms with E-state index in [9.17, 15) is 19.2 Å². The third-order valence-corrected chi connectivity index (χ3v) is 5.43. The van der Waals surface area contributed by atoms with Crippen molar-refractivity contribution >= 4 is 41.6 Å². The van der Waals surface area contributed by atoms with E-state index in [-0.39, 0.29) is 35.9 Å². The van der Waals surface area contributed by atoms with Gasteiger partial charge in [-0.15, -0.1) is 0 Å². The Bertz CT molecular complexity index is 1380. The number of benzene rings is 2. The molecule has 4 rings (SSSR count). The van der Waals surface area contributed by atoms with E-state index in [0.29, 0.717) is 16.3 Å². The summed E-state index contributed by atoms with van der Waals surface area (Å²) in [6, 6.07) is 13.2. The number of esters is 1. The third-order valence-electron chi connectivity index (χ3n) is 5.19. The maximum atomic E-state index is 12.9. The van der Waals surface area contributed by atoms with E-state index < -0.39 is 23.9 Å². The van der Waals surface area contributed by atoms with E-state index in [0.717, 1.165) is 10.5 Å². The number of nitrogens with one attached hydrogen (secondary N) is 1. The Morgan fingerprint density at radius 3 is 2.56 bits per heavy atom. The standard InChI is InChI=1S/C25H19ClN2O8/c1-34-24(32)21-9-7-18(36-21)12-28-22(29)19(27-25(28)33)11-16-10-17(26)6-8-20(16)35-13-14-2-4-15(5-3-14)23(30)31/h2-11H,12-13H2,1H3,(H,27,33)(H,30,31)/b19-11-. The zero-order chi connectivity index (χ0) is 25.8. The lowest BCUT2D eigenvalue weighted by atomic mass is 10.1. The number of carbonyl (C=O) groups is 4. The molecule has 11 heteroatoms. The number of methoxy groups -OCH3 is 1. The number of nitrogens with zero attached hydrogens (tertiary/aromatic N) is 1. The van der Waals surface area contributed by atoms with Gasteiger partial charge in [0.05, 0.1) is 19.2 Å². The zero-order valence-corrected chi connectivity index (χ0v) is 19.6. The van der Waals surface area contributed by atoms with Crippen molar-refractivity contribution < 1.29 is 38.2 Å². The molecule has 2 heterocycles. The molecule has 0 unspecified atom stereocenters. The second-order valence-electron chi connectivity index (χ2n) is 7.61. The highest BCUT2D eigenvalue weighted by atomic mass is 35.5. The highest BCUT2D eigenvalue weighted by Gasteiger charge is 2.34. The molecule has 2 N–H and O–H groups in total. The summed E-state index contributed by atoms with van der Waals surface area (Å²) >= 11 is 6.13. The number of carboxylic acid groups (broad SMARTS) is 1. The average Bonchev–Trinajstić information content (AvgIpc) is 3.44.